The number of rotatable bonds is 2. The van der Waals surface area contributed by atoms with Gasteiger partial charge in [-0.1, -0.05) is 0 Å². The fourth-order valence-corrected chi connectivity index (χ4v) is 2.08. The topological polar surface area (TPSA) is 75.2 Å². The standard InChI is InChI=1S/C12H18N4O/c1-8-7-17-9(2)6-16(8)11-5-15-4-3-10(11)12(13)14/h3-5,8-9H,6-7H2,1-2H3,(H3,13,14). The van der Waals surface area contributed by atoms with Gasteiger partial charge in [0.25, 0.3) is 0 Å². The third-order valence-electron chi connectivity index (χ3n) is 3.01. The molecule has 1 aliphatic rings. The molecule has 1 aromatic rings. The van der Waals surface area contributed by atoms with E-state index in [-0.39, 0.29) is 18.0 Å². The van der Waals surface area contributed by atoms with Crippen LogP contribution in [0.5, 0.6) is 0 Å². The van der Waals surface area contributed by atoms with Gasteiger partial charge in [0.1, 0.15) is 5.84 Å². The van der Waals surface area contributed by atoms with Gasteiger partial charge in [-0.05, 0) is 19.9 Å². The number of nitrogens with one attached hydrogen (secondary N) is 1. The van der Waals surface area contributed by atoms with Crippen LogP contribution in [0, 0.1) is 5.41 Å². The molecule has 0 spiro atoms. The molecule has 0 aromatic carbocycles. The van der Waals surface area contributed by atoms with Crippen LogP contribution in [0.25, 0.3) is 0 Å². The largest absolute Gasteiger partial charge is 0.384 e. The van der Waals surface area contributed by atoms with Crippen LogP contribution in [0.1, 0.15) is 19.4 Å². The Labute approximate surface area is 101 Å². The molecule has 1 fully saturated rings. The maximum atomic E-state index is 7.60. The highest BCUT2D eigenvalue weighted by atomic mass is 16.5. The Morgan fingerprint density at radius 2 is 2.35 bits per heavy atom. The molecule has 1 aromatic heterocycles. The molecule has 17 heavy (non-hydrogen) atoms. The van der Waals surface area contributed by atoms with E-state index in [2.05, 4.69) is 16.8 Å². The highest BCUT2D eigenvalue weighted by Gasteiger charge is 2.25. The fraction of sp³-hybridized carbons (Fsp3) is 0.500. The van der Waals surface area contributed by atoms with Gasteiger partial charge < -0.3 is 15.4 Å². The van der Waals surface area contributed by atoms with E-state index in [1.165, 1.54) is 0 Å². The van der Waals surface area contributed by atoms with Gasteiger partial charge in [0.2, 0.25) is 0 Å². The molecule has 1 aliphatic heterocycles. The SMILES string of the molecule is CC1CN(c2cnccc2C(=N)N)C(C)CO1. The van der Waals surface area contributed by atoms with Crippen molar-refractivity contribution < 1.29 is 4.74 Å². The average Bonchev–Trinajstić information content (AvgIpc) is 2.32. The van der Waals surface area contributed by atoms with Crippen LogP contribution in [0.2, 0.25) is 0 Å². The summed E-state index contributed by atoms with van der Waals surface area (Å²) in [5.41, 5.74) is 7.26. The van der Waals surface area contributed by atoms with E-state index in [1.807, 2.05) is 6.92 Å². The Balaban J connectivity index is 2.35. The van der Waals surface area contributed by atoms with Gasteiger partial charge in [-0.2, -0.15) is 0 Å². The third kappa shape index (κ3) is 2.39. The zero-order valence-corrected chi connectivity index (χ0v) is 10.2. The van der Waals surface area contributed by atoms with Crippen molar-refractivity contribution in [2.75, 3.05) is 18.1 Å². The van der Waals surface area contributed by atoms with Gasteiger partial charge >= 0.3 is 0 Å². The van der Waals surface area contributed by atoms with Crippen molar-refractivity contribution in [3.8, 4) is 0 Å². The third-order valence-corrected chi connectivity index (χ3v) is 3.01. The van der Waals surface area contributed by atoms with E-state index in [9.17, 15) is 0 Å². The molecule has 5 heteroatoms. The molecule has 2 heterocycles. The molecule has 2 rings (SSSR count). The van der Waals surface area contributed by atoms with Gasteiger partial charge in [-0.3, -0.25) is 10.4 Å². The Bertz CT molecular complexity index is 421. The van der Waals surface area contributed by atoms with Crippen LogP contribution in [-0.4, -0.2) is 36.1 Å². The molecule has 0 aliphatic carbocycles. The Morgan fingerprint density at radius 1 is 1.59 bits per heavy atom. The molecule has 5 nitrogen and oxygen atoms in total. The highest BCUT2D eigenvalue weighted by Crippen LogP contribution is 2.24. The summed E-state index contributed by atoms with van der Waals surface area (Å²) in [6.07, 6.45) is 3.62. The quantitative estimate of drug-likeness (QED) is 0.591. The first kappa shape index (κ1) is 11.9. The maximum Gasteiger partial charge on any atom is 0.125 e. The normalized spacial score (nSPS) is 24.7. The second-order valence-electron chi connectivity index (χ2n) is 4.45. The fourth-order valence-electron chi connectivity index (χ4n) is 2.08. The zero-order chi connectivity index (χ0) is 12.4. The van der Waals surface area contributed by atoms with Crippen LogP contribution in [0.3, 0.4) is 0 Å². The summed E-state index contributed by atoms with van der Waals surface area (Å²) in [7, 11) is 0. The Hall–Kier alpha value is -1.62. The second-order valence-corrected chi connectivity index (χ2v) is 4.45. The first-order chi connectivity index (χ1) is 8.09. The van der Waals surface area contributed by atoms with E-state index in [1.54, 1.807) is 18.5 Å². The zero-order valence-electron chi connectivity index (χ0n) is 10.2. The van der Waals surface area contributed by atoms with Crippen molar-refractivity contribution >= 4 is 11.5 Å². The number of nitrogen functional groups attached to an aromatic ring is 1. The lowest BCUT2D eigenvalue weighted by atomic mass is 10.1. The number of hydrogen-bond acceptors (Lipinski definition) is 4. The van der Waals surface area contributed by atoms with Crippen molar-refractivity contribution in [2.24, 2.45) is 5.73 Å². The molecule has 2 unspecified atom stereocenters. The summed E-state index contributed by atoms with van der Waals surface area (Å²) in [4.78, 5) is 6.33. The molecule has 3 N–H and O–H groups in total. The lowest BCUT2D eigenvalue weighted by molar-refractivity contribution is 0.0343. The lowest BCUT2D eigenvalue weighted by Gasteiger charge is -2.39. The predicted octanol–water partition coefficient (Wildman–Crippen LogP) is 0.979. The molecule has 2 atom stereocenters. The van der Waals surface area contributed by atoms with E-state index in [4.69, 9.17) is 15.9 Å². The average molecular weight is 234 g/mol. The monoisotopic (exact) mass is 234 g/mol. The van der Waals surface area contributed by atoms with Gasteiger partial charge in [-0.25, -0.2) is 0 Å². The van der Waals surface area contributed by atoms with Crippen molar-refractivity contribution in [1.29, 1.82) is 5.41 Å². The van der Waals surface area contributed by atoms with Crippen LogP contribution >= 0.6 is 0 Å². The predicted molar refractivity (Wildman–Crippen MR) is 67.5 cm³/mol. The molecule has 0 bridgehead atoms. The van der Waals surface area contributed by atoms with Crippen LogP contribution in [-0.2, 0) is 4.74 Å². The molecule has 92 valence electrons. The van der Waals surface area contributed by atoms with Gasteiger partial charge in [0.05, 0.1) is 24.6 Å². The Kier molecular flexibility index (Phi) is 3.28. The number of nitrogens with two attached hydrogens (primary N) is 1. The number of anilines is 1. The summed E-state index contributed by atoms with van der Waals surface area (Å²) >= 11 is 0. The summed E-state index contributed by atoms with van der Waals surface area (Å²) < 4.78 is 5.60. The lowest BCUT2D eigenvalue weighted by Crippen LogP contribution is -2.48. The minimum Gasteiger partial charge on any atom is -0.384 e. The number of pyridine rings is 1. The van der Waals surface area contributed by atoms with Gasteiger partial charge in [-0.15, -0.1) is 0 Å². The molecular formula is C12H18N4O. The van der Waals surface area contributed by atoms with Gasteiger partial charge in [0.15, 0.2) is 0 Å². The first-order valence-electron chi connectivity index (χ1n) is 5.76. The van der Waals surface area contributed by atoms with Crippen molar-refractivity contribution in [2.45, 2.75) is 26.0 Å². The number of nitrogens with zero attached hydrogens (tertiary/aromatic N) is 2. The summed E-state index contributed by atoms with van der Waals surface area (Å²) in [5.74, 6) is 0.0775. The minimum atomic E-state index is 0.0775. The smallest absolute Gasteiger partial charge is 0.125 e. The van der Waals surface area contributed by atoms with Crippen LogP contribution in [0.15, 0.2) is 18.5 Å². The summed E-state index contributed by atoms with van der Waals surface area (Å²) in [5, 5.41) is 7.60. The van der Waals surface area contributed by atoms with Gasteiger partial charge in [0, 0.05) is 24.3 Å². The van der Waals surface area contributed by atoms with E-state index in [0.29, 0.717) is 6.61 Å². The number of morpholine rings is 1. The molecule has 0 amide bonds. The van der Waals surface area contributed by atoms with E-state index >= 15 is 0 Å². The van der Waals surface area contributed by atoms with Crippen molar-refractivity contribution in [1.82, 2.24) is 4.98 Å². The Morgan fingerprint density at radius 3 is 3.06 bits per heavy atom. The molecular weight excluding hydrogens is 216 g/mol. The number of aromatic nitrogens is 1. The molecule has 1 saturated heterocycles. The maximum absolute atomic E-state index is 7.60. The summed E-state index contributed by atoms with van der Waals surface area (Å²) in [6, 6.07) is 2.05. The van der Waals surface area contributed by atoms with Crippen LogP contribution in [0.4, 0.5) is 5.69 Å². The number of ether oxygens (including phenoxy) is 1. The van der Waals surface area contributed by atoms with E-state index in [0.717, 1.165) is 17.8 Å². The van der Waals surface area contributed by atoms with Crippen molar-refractivity contribution in [3.63, 3.8) is 0 Å². The van der Waals surface area contributed by atoms with E-state index < -0.39 is 0 Å². The minimum absolute atomic E-state index is 0.0775. The van der Waals surface area contributed by atoms with Crippen molar-refractivity contribution in [3.05, 3.63) is 24.0 Å². The number of amidine groups is 1. The van der Waals surface area contributed by atoms with Crippen LogP contribution < -0.4 is 10.6 Å². The summed E-state index contributed by atoms with van der Waals surface area (Å²) in [6.45, 7) is 5.63. The number of hydrogen-bond donors (Lipinski definition) is 2. The highest BCUT2D eigenvalue weighted by molar-refractivity contribution is 6.00. The molecule has 0 radical (unpaired) electrons. The molecule has 0 saturated carbocycles. The first-order valence-corrected chi connectivity index (χ1v) is 5.76. The second kappa shape index (κ2) is 4.71.